The van der Waals surface area contributed by atoms with E-state index in [-0.39, 0.29) is 0 Å². The normalized spacial score (nSPS) is 12.3. The highest BCUT2D eigenvalue weighted by Crippen LogP contribution is 2.23. The molecule has 3 heterocycles. The van der Waals surface area contributed by atoms with Crippen LogP contribution in [0.15, 0.2) is 48.7 Å². The molecule has 1 atom stereocenters. The fourth-order valence-electron chi connectivity index (χ4n) is 3.51. The summed E-state index contributed by atoms with van der Waals surface area (Å²) >= 11 is 1.67. The van der Waals surface area contributed by atoms with Crippen molar-refractivity contribution in [2.45, 2.75) is 19.4 Å². The van der Waals surface area contributed by atoms with Crippen LogP contribution >= 0.6 is 11.8 Å². The number of para-hydroxylation sites is 1. The molecule has 29 heavy (non-hydrogen) atoms. The molecule has 4 rings (SSSR count). The number of ketones is 1. The number of H-pyrrole nitrogens is 1. The number of aromatic nitrogens is 4. The van der Waals surface area contributed by atoms with Crippen molar-refractivity contribution in [1.82, 2.24) is 24.9 Å². The Hall–Kier alpha value is -3.13. The fraction of sp³-hybridized carbons (Fsp3) is 0.238. The Morgan fingerprint density at radius 3 is 2.79 bits per heavy atom. The zero-order valence-electron chi connectivity index (χ0n) is 16.2. The average Bonchev–Trinajstić information content (AvgIpc) is 3.30. The molecule has 1 aromatic carbocycles. The Morgan fingerprint density at radius 1 is 1.17 bits per heavy atom. The molecule has 148 valence electrons. The maximum atomic E-state index is 13.0. The number of nitrogens with one attached hydrogen (secondary N) is 2. The van der Waals surface area contributed by atoms with Gasteiger partial charge in [-0.1, -0.05) is 24.3 Å². The van der Waals surface area contributed by atoms with Gasteiger partial charge in [0.15, 0.2) is 11.5 Å². The van der Waals surface area contributed by atoms with Crippen LogP contribution in [0.3, 0.4) is 0 Å². The van der Waals surface area contributed by atoms with Gasteiger partial charge in [0.25, 0.3) is 11.7 Å². The summed E-state index contributed by atoms with van der Waals surface area (Å²) in [6.07, 6.45) is 4.50. The Balaban J connectivity index is 1.64. The van der Waals surface area contributed by atoms with Crippen molar-refractivity contribution in [2.24, 2.45) is 0 Å². The number of Topliss-reactive ketones (excluding diaryl/α,β-unsaturated/α-hetero) is 1. The van der Waals surface area contributed by atoms with Crippen molar-refractivity contribution in [3.8, 4) is 0 Å². The molecule has 7 nitrogen and oxygen atoms in total. The number of rotatable bonds is 7. The summed E-state index contributed by atoms with van der Waals surface area (Å²) in [7, 11) is 0. The number of amides is 1. The smallest absolute Gasteiger partial charge is 0.293 e. The number of aromatic amines is 1. The molecule has 0 fully saturated rings. The van der Waals surface area contributed by atoms with E-state index >= 15 is 0 Å². The molecule has 0 bridgehead atoms. The SMILES string of the molecule is CSCCC(NC(=O)C(=O)c1c(C)[nH]c2ccccc12)c1nnc2ccccn12. The van der Waals surface area contributed by atoms with Crippen LogP contribution in [0.1, 0.15) is 34.3 Å². The summed E-state index contributed by atoms with van der Waals surface area (Å²) in [6.45, 7) is 1.80. The number of carbonyl (C=O) groups is 2. The van der Waals surface area contributed by atoms with Crippen molar-refractivity contribution in [3.05, 3.63) is 65.7 Å². The molecule has 0 aliphatic rings. The van der Waals surface area contributed by atoms with Gasteiger partial charge in [0.05, 0.1) is 11.6 Å². The van der Waals surface area contributed by atoms with Gasteiger partial charge in [0, 0.05) is 22.8 Å². The fourth-order valence-corrected chi connectivity index (χ4v) is 3.98. The van der Waals surface area contributed by atoms with Crippen molar-refractivity contribution < 1.29 is 9.59 Å². The van der Waals surface area contributed by atoms with Gasteiger partial charge in [-0.2, -0.15) is 11.8 Å². The minimum absolute atomic E-state index is 0.410. The number of fused-ring (bicyclic) bond motifs is 2. The molecule has 3 aromatic heterocycles. The zero-order valence-corrected chi connectivity index (χ0v) is 17.0. The summed E-state index contributed by atoms with van der Waals surface area (Å²) in [6, 6.07) is 12.7. The van der Waals surface area contributed by atoms with Crippen molar-refractivity contribution >= 4 is 40.0 Å². The van der Waals surface area contributed by atoms with Crippen molar-refractivity contribution in [1.29, 1.82) is 0 Å². The number of carbonyl (C=O) groups excluding carboxylic acids is 2. The molecular formula is C21H21N5O2S. The van der Waals surface area contributed by atoms with Gasteiger partial charge >= 0.3 is 0 Å². The third-order valence-electron chi connectivity index (χ3n) is 4.89. The summed E-state index contributed by atoms with van der Waals surface area (Å²) in [4.78, 5) is 29.1. The molecule has 8 heteroatoms. The minimum atomic E-state index is -0.642. The van der Waals surface area contributed by atoms with E-state index in [1.807, 2.05) is 59.3 Å². The lowest BCUT2D eigenvalue weighted by molar-refractivity contribution is -0.117. The lowest BCUT2D eigenvalue weighted by atomic mass is 10.1. The Kier molecular flexibility index (Phi) is 5.35. The first-order valence-corrected chi connectivity index (χ1v) is 10.7. The van der Waals surface area contributed by atoms with E-state index in [9.17, 15) is 9.59 Å². The number of thioether (sulfide) groups is 1. The Bertz CT molecular complexity index is 1200. The summed E-state index contributed by atoms with van der Waals surface area (Å²) in [5, 5.41) is 12.1. The second-order valence-electron chi connectivity index (χ2n) is 6.79. The minimum Gasteiger partial charge on any atom is -0.358 e. The third kappa shape index (κ3) is 3.63. The molecule has 1 amide bonds. The van der Waals surface area contributed by atoms with E-state index in [2.05, 4.69) is 20.5 Å². The van der Waals surface area contributed by atoms with Gasteiger partial charge in [0.1, 0.15) is 0 Å². The van der Waals surface area contributed by atoms with Crippen molar-refractivity contribution in [2.75, 3.05) is 12.0 Å². The van der Waals surface area contributed by atoms with Gasteiger partial charge in [-0.15, -0.1) is 10.2 Å². The molecule has 0 radical (unpaired) electrons. The van der Waals surface area contributed by atoms with Crippen LogP contribution in [0.25, 0.3) is 16.6 Å². The highest BCUT2D eigenvalue weighted by Gasteiger charge is 2.27. The monoisotopic (exact) mass is 407 g/mol. The number of pyridine rings is 1. The molecule has 0 saturated heterocycles. The number of hydrogen-bond acceptors (Lipinski definition) is 5. The average molecular weight is 407 g/mol. The molecule has 2 N–H and O–H groups in total. The van der Waals surface area contributed by atoms with E-state index in [4.69, 9.17) is 0 Å². The number of aryl methyl sites for hydroxylation is 1. The van der Waals surface area contributed by atoms with Gasteiger partial charge in [-0.25, -0.2) is 0 Å². The lowest BCUT2D eigenvalue weighted by Crippen LogP contribution is -2.35. The van der Waals surface area contributed by atoms with Gasteiger partial charge in [0.2, 0.25) is 0 Å². The first kappa shape index (κ1) is 19.2. The van der Waals surface area contributed by atoms with Crippen molar-refractivity contribution in [3.63, 3.8) is 0 Å². The van der Waals surface area contributed by atoms with Crippen LogP contribution in [-0.4, -0.2) is 43.3 Å². The summed E-state index contributed by atoms with van der Waals surface area (Å²) < 4.78 is 1.84. The highest BCUT2D eigenvalue weighted by atomic mass is 32.2. The van der Waals surface area contributed by atoms with Crippen LogP contribution in [0.5, 0.6) is 0 Å². The van der Waals surface area contributed by atoms with Gasteiger partial charge in [-0.05, 0) is 43.6 Å². The second kappa shape index (κ2) is 8.08. The van der Waals surface area contributed by atoms with Crippen LogP contribution in [-0.2, 0) is 4.79 Å². The molecule has 4 aromatic rings. The largest absolute Gasteiger partial charge is 0.358 e. The third-order valence-corrected chi connectivity index (χ3v) is 5.54. The molecule has 0 aliphatic heterocycles. The molecule has 1 unspecified atom stereocenters. The number of hydrogen-bond donors (Lipinski definition) is 2. The number of benzene rings is 1. The lowest BCUT2D eigenvalue weighted by Gasteiger charge is -2.16. The quantitative estimate of drug-likeness (QED) is 0.362. The van der Waals surface area contributed by atoms with Crippen LogP contribution < -0.4 is 5.32 Å². The molecular weight excluding hydrogens is 386 g/mol. The van der Waals surface area contributed by atoms with Crippen LogP contribution in [0, 0.1) is 6.92 Å². The van der Waals surface area contributed by atoms with E-state index < -0.39 is 17.7 Å². The highest BCUT2D eigenvalue weighted by molar-refractivity contribution is 7.98. The molecule has 0 spiro atoms. The van der Waals surface area contributed by atoms with Crippen LogP contribution in [0.2, 0.25) is 0 Å². The van der Waals surface area contributed by atoms with E-state index in [1.165, 1.54) is 0 Å². The second-order valence-corrected chi connectivity index (χ2v) is 7.78. The van der Waals surface area contributed by atoms with Gasteiger partial charge in [-0.3, -0.25) is 14.0 Å². The number of nitrogens with zero attached hydrogens (tertiary/aromatic N) is 3. The maximum absolute atomic E-state index is 13.0. The van der Waals surface area contributed by atoms with E-state index in [0.29, 0.717) is 29.1 Å². The zero-order chi connectivity index (χ0) is 20.4. The predicted octanol–water partition coefficient (Wildman–Crippen LogP) is 3.31. The Morgan fingerprint density at radius 2 is 1.97 bits per heavy atom. The van der Waals surface area contributed by atoms with E-state index in [1.54, 1.807) is 18.7 Å². The summed E-state index contributed by atoms with van der Waals surface area (Å²) in [5.41, 5.74) is 2.63. The first-order chi connectivity index (χ1) is 14.1. The summed E-state index contributed by atoms with van der Waals surface area (Å²) in [5.74, 6) is 0.235. The van der Waals surface area contributed by atoms with Gasteiger partial charge < -0.3 is 10.3 Å². The first-order valence-electron chi connectivity index (χ1n) is 9.31. The Labute approximate surface area is 171 Å². The van der Waals surface area contributed by atoms with Crippen LogP contribution in [0.4, 0.5) is 0 Å². The standard InChI is InChI=1S/C21H21N5O2S/c1-13-18(14-7-3-4-8-15(14)22-13)19(27)21(28)23-16(10-12-29-2)20-25-24-17-9-5-6-11-26(17)20/h3-9,11,16,22H,10,12H2,1-2H3,(H,23,28). The molecule has 0 saturated carbocycles. The predicted molar refractivity (Wildman–Crippen MR) is 114 cm³/mol. The molecule has 0 aliphatic carbocycles. The topological polar surface area (TPSA) is 92.1 Å². The van der Waals surface area contributed by atoms with E-state index in [0.717, 1.165) is 16.7 Å². The maximum Gasteiger partial charge on any atom is 0.293 e.